The smallest absolute Gasteiger partial charge is 0.263 e. The number of rotatable bonds is 4. The molecule has 3 heterocycles. The quantitative estimate of drug-likeness (QED) is 0.830. The first kappa shape index (κ1) is 20.0. The Balaban J connectivity index is 1.84. The van der Waals surface area contributed by atoms with Gasteiger partial charge in [0.25, 0.3) is 11.5 Å². The van der Waals surface area contributed by atoms with E-state index in [1.54, 1.807) is 22.6 Å². The molecule has 0 aromatic carbocycles. The summed E-state index contributed by atoms with van der Waals surface area (Å²) in [6.07, 6.45) is 3.01. The third-order valence-electron chi connectivity index (χ3n) is 5.69. The van der Waals surface area contributed by atoms with E-state index in [2.05, 4.69) is 4.90 Å². The molecule has 0 saturated carbocycles. The van der Waals surface area contributed by atoms with Crippen molar-refractivity contribution in [3.8, 4) is 0 Å². The molecule has 1 N–H and O–H groups in total. The molecule has 0 spiro atoms. The minimum atomic E-state index is -1.11. The molecule has 1 atom stereocenters. The van der Waals surface area contributed by atoms with Crippen LogP contribution in [0.5, 0.6) is 0 Å². The van der Waals surface area contributed by atoms with Gasteiger partial charge in [-0.25, -0.2) is 0 Å². The lowest BCUT2D eigenvalue weighted by Gasteiger charge is -2.34. The molecule has 0 bridgehead atoms. The molecule has 1 amide bonds. The second-order valence-corrected chi connectivity index (χ2v) is 7.89. The molecular weight excluding hydrogens is 346 g/mol. The van der Waals surface area contributed by atoms with Crippen molar-refractivity contribution in [3.05, 3.63) is 33.2 Å². The van der Waals surface area contributed by atoms with Crippen LogP contribution in [-0.2, 0) is 18.2 Å². The summed E-state index contributed by atoms with van der Waals surface area (Å²) in [7, 11) is 1.71. The van der Waals surface area contributed by atoms with Gasteiger partial charge in [-0.1, -0.05) is 6.92 Å². The number of hydrogen-bond donors (Lipinski definition) is 1. The van der Waals surface area contributed by atoms with E-state index >= 15 is 0 Å². The van der Waals surface area contributed by atoms with Crippen LogP contribution < -0.4 is 5.56 Å². The van der Waals surface area contributed by atoms with Gasteiger partial charge >= 0.3 is 0 Å². The summed E-state index contributed by atoms with van der Waals surface area (Å²) >= 11 is 0. The van der Waals surface area contributed by atoms with E-state index in [1.165, 1.54) is 0 Å². The van der Waals surface area contributed by atoms with Crippen molar-refractivity contribution in [2.24, 2.45) is 7.05 Å². The Hall–Kier alpha value is -1.70. The van der Waals surface area contributed by atoms with Crippen LogP contribution in [0.2, 0.25) is 0 Å². The molecule has 2 fully saturated rings. The van der Waals surface area contributed by atoms with Crippen molar-refractivity contribution in [3.63, 3.8) is 0 Å². The summed E-state index contributed by atoms with van der Waals surface area (Å²) < 4.78 is 7.16. The number of carbonyl (C=O) groups excluding carboxylic acids is 1. The van der Waals surface area contributed by atoms with Gasteiger partial charge in [0.2, 0.25) is 0 Å². The van der Waals surface area contributed by atoms with E-state index in [-0.39, 0.29) is 30.2 Å². The van der Waals surface area contributed by atoms with E-state index in [0.29, 0.717) is 19.7 Å². The number of hydrogen-bond acceptors (Lipinski definition) is 5. The topological polar surface area (TPSA) is 75.0 Å². The summed E-state index contributed by atoms with van der Waals surface area (Å²) in [4.78, 5) is 29.7. The number of β-amino-alcohol motifs (C(OH)–C–C–N with tert-alkyl or cyclic N) is 1. The van der Waals surface area contributed by atoms with E-state index in [9.17, 15) is 14.7 Å². The number of aromatic nitrogens is 1. The first-order valence-corrected chi connectivity index (χ1v) is 9.86. The first-order valence-electron chi connectivity index (χ1n) is 9.86. The first-order chi connectivity index (χ1) is 12.8. The minimum Gasteiger partial charge on any atom is -0.384 e. The van der Waals surface area contributed by atoms with Crippen LogP contribution in [0.3, 0.4) is 0 Å². The highest BCUT2D eigenvalue weighted by Gasteiger charge is 2.37. The minimum absolute atomic E-state index is 0.164. The normalized spacial score (nSPS) is 24.2. The van der Waals surface area contributed by atoms with Gasteiger partial charge in [-0.3, -0.25) is 9.59 Å². The number of aliphatic hydroxyl groups is 1. The zero-order valence-corrected chi connectivity index (χ0v) is 16.7. The standard InChI is InChI=1S/C20H31N3O4/c1-4-17-15(2)11-16(18(24)21(17)3)19(25)23-9-10-27-14-20(26,13-23)12-22-7-5-6-8-22/h11,26H,4-10,12-14H2,1-3H3/t20-/m1/s1. The Labute approximate surface area is 160 Å². The maximum absolute atomic E-state index is 13.1. The van der Waals surface area contributed by atoms with Crippen molar-refractivity contribution in [2.45, 2.75) is 38.7 Å². The Morgan fingerprint density at radius 2 is 2.00 bits per heavy atom. The Bertz CT molecular complexity index is 754. The van der Waals surface area contributed by atoms with E-state index < -0.39 is 5.60 Å². The number of pyridine rings is 1. The molecule has 1 aromatic rings. The predicted octanol–water partition coefficient (Wildman–Crippen LogP) is 0.555. The molecule has 3 rings (SSSR count). The molecular formula is C20H31N3O4. The number of carbonyl (C=O) groups is 1. The molecule has 150 valence electrons. The molecule has 0 unspecified atom stereocenters. The van der Waals surface area contributed by atoms with Gasteiger partial charge in [-0.2, -0.15) is 0 Å². The Kier molecular flexibility index (Phi) is 6.03. The summed E-state index contributed by atoms with van der Waals surface area (Å²) in [5.74, 6) is -0.327. The van der Waals surface area contributed by atoms with E-state index in [1.807, 2.05) is 13.8 Å². The largest absolute Gasteiger partial charge is 0.384 e. The predicted molar refractivity (Wildman–Crippen MR) is 103 cm³/mol. The lowest BCUT2D eigenvalue weighted by molar-refractivity contribution is -0.0524. The lowest BCUT2D eigenvalue weighted by Crippen LogP contribution is -2.53. The van der Waals surface area contributed by atoms with Crippen LogP contribution in [0.15, 0.2) is 10.9 Å². The van der Waals surface area contributed by atoms with Crippen LogP contribution in [0.25, 0.3) is 0 Å². The van der Waals surface area contributed by atoms with Gasteiger partial charge in [-0.15, -0.1) is 0 Å². The second-order valence-electron chi connectivity index (χ2n) is 7.89. The van der Waals surface area contributed by atoms with Crippen molar-refractivity contribution >= 4 is 5.91 Å². The van der Waals surface area contributed by atoms with Gasteiger partial charge in [0.1, 0.15) is 11.2 Å². The van der Waals surface area contributed by atoms with Crippen molar-refractivity contribution < 1.29 is 14.6 Å². The van der Waals surface area contributed by atoms with Crippen molar-refractivity contribution in [1.82, 2.24) is 14.4 Å². The third-order valence-corrected chi connectivity index (χ3v) is 5.69. The van der Waals surface area contributed by atoms with Crippen LogP contribution in [0.1, 0.15) is 41.4 Å². The maximum Gasteiger partial charge on any atom is 0.263 e. The number of aryl methyl sites for hydroxylation is 1. The maximum atomic E-state index is 13.1. The van der Waals surface area contributed by atoms with Crippen molar-refractivity contribution in [2.75, 3.05) is 45.9 Å². The molecule has 1 aromatic heterocycles. The summed E-state index contributed by atoms with van der Waals surface area (Å²) in [5, 5.41) is 11.1. The summed E-state index contributed by atoms with van der Waals surface area (Å²) in [5.41, 5.74) is 0.635. The van der Waals surface area contributed by atoms with E-state index in [0.717, 1.165) is 43.6 Å². The Morgan fingerprint density at radius 1 is 1.30 bits per heavy atom. The molecule has 0 aliphatic carbocycles. The fourth-order valence-corrected chi connectivity index (χ4v) is 4.31. The zero-order valence-electron chi connectivity index (χ0n) is 16.7. The van der Waals surface area contributed by atoms with Crippen molar-refractivity contribution in [1.29, 1.82) is 0 Å². The molecule has 2 saturated heterocycles. The SMILES string of the molecule is CCc1c(C)cc(C(=O)N2CCOC[C@@](O)(CN3CCCC3)C2)c(=O)n1C. The van der Waals surface area contributed by atoms with Crippen LogP contribution >= 0.6 is 0 Å². The van der Waals surface area contributed by atoms with Crippen LogP contribution in [-0.4, -0.2) is 76.9 Å². The highest BCUT2D eigenvalue weighted by Crippen LogP contribution is 2.19. The van der Waals surface area contributed by atoms with Gasteiger partial charge in [-0.05, 0) is 50.9 Å². The zero-order chi connectivity index (χ0) is 19.6. The van der Waals surface area contributed by atoms with Gasteiger partial charge in [0.15, 0.2) is 0 Å². The molecule has 2 aliphatic heterocycles. The Morgan fingerprint density at radius 3 is 2.67 bits per heavy atom. The van der Waals surface area contributed by atoms with Gasteiger partial charge in [0, 0.05) is 25.8 Å². The number of amides is 1. The second kappa shape index (κ2) is 8.12. The molecule has 0 radical (unpaired) electrons. The lowest BCUT2D eigenvalue weighted by atomic mass is 10.0. The molecule has 2 aliphatic rings. The molecule has 27 heavy (non-hydrogen) atoms. The molecule has 7 nitrogen and oxygen atoms in total. The summed E-state index contributed by atoms with van der Waals surface area (Å²) in [6.45, 7) is 7.46. The average molecular weight is 377 g/mol. The third kappa shape index (κ3) is 4.25. The number of likely N-dealkylation sites (tertiary alicyclic amines) is 1. The fraction of sp³-hybridized carbons (Fsp3) is 0.700. The van der Waals surface area contributed by atoms with Crippen LogP contribution in [0.4, 0.5) is 0 Å². The van der Waals surface area contributed by atoms with E-state index in [4.69, 9.17) is 4.74 Å². The number of ether oxygens (including phenoxy) is 1. The van der Waals surface area contributed by atoms with Crippen LogP contribution in [0, 0.1) is 6.92 Å². The highest BCUT2D eigenvalue weighted by atomic mass is 16.5. The summed E-state index contributed by atoms with van der Waals surface area (Å²) in [6, 6.07) is 1.69. The van der Waals surface area contributed by atoms with Gasteiger partial charge < -0.3 is 24.2 Å². The monoisotopic (exact) mass is 377 g/mol. The molecule has 7 heteroatoms. The highest BCUT2D eigenvalue weighted by molar-refractivity contribution is 5.94. The fourth-order valence-electron chi connectivity index (χ4n) is 4.31. The number of nitrogens with zero attached hydrogens (tertiary/aromatic N) is 3. The van der Waals surface area contributed by atoms with Gasteiger partial charge in [0.05, 0.1) is 19.8 Å². The average Bonchev–Trinajstić information content (AvgIpc) is 3.05.